The van der Waals surface area contributed by atoms with Crippen LogP contribution in [0.1, 0.15) is 20.8 Å². The Morgan fingerprint density at radius 3 is 2.33 bits per heavy atom. The van der Waals surface area contributed by atoms with Gasteiger partial charge in [0.2, 0.25) is 0 Å². The summed E-state index contributed by atoms with van der Waals surface area (Å²) >= 11 is 0. The summed E-state index contributed by atoms with van der Waals surface area (Å²) in [6, 6.07) is 0. The predicted molar refractivity (Wildman–Crippen MR) is 48.2 cm³/mol. The van der Waals surface area contributed by atoms with E-state index in [1.165, 1.54) is 0 Å². The second-order valence-electron chi connectivity index (χ2n) is 3.90. The summed E-state index contributed by atoms with van der Waals surface area (Å²) < 4.78 is 10.9. The van der Waals surface area contributed by atoms with Crippen LogP contribution in [0.4, 0.5) is 0 Å². The minimum absolute atomic E-state index is 0.107. The van der Waals surface area contributed by atoms with Gasteiger partial charge in [-0.2, -0.15) is 0 Å². The number of hydrogen-bond donors (Lipinski definition) is 0. The molecular weight excluding hydrogens is 175 g/mol. The molecule has 0 saturated carbocycles. The van der Waals surface area contributed by atoms with E-state index < -0.39 is 8.38 Å². The van der Waals surface area contributed by atoms with Crippen molar-refractivity contribution >= 4 is 14.2 Å². The van der Waals surface area contributed by atoms with Gasteiger partial charge in [0.25, 0.3) is 0 Å². The highest BCUT2D eigenvalue weighted by atomic mass is 31.2. The molecule has 0 N–H and O–H groups in total. The third-order valence-electron chi connectivity index (χ3n) is 1.55. The molecule has 0 atom stereocenters. The fourth-order valence-electron chi connectivity index (χ4n) is 0.846. The third kappa shape index (κ3) is 3.18. The second kappa shape index (κ2) is 3.82. The van der Waals surface area contributed by atoms with Crippen molar-refractivity contribution < 1.29 is 13.8 Å². The Kier molecular flexibility index (Phi) is 3.22. The van der Waals surface area contributed by atoms with E-state index in [0.29, 0.717) is 19.4 Å². The minimum atomic E-state index is -0.919. The van der Waals surface area contributed by atoms with E-state index in [9.17, 15) is 4.79 Å². The van der Waals surface area contributed by atoms with Crippen LogP contribution >= 0.6 is 8.38 Å². The van der Waals surface area contributed by atoms with Gasteiger partial charge in [0.05, 0.1) is 19.4 Å². The Bertz CT molecular complexity index is 169. The molecule has 1 aliphatic heterocycles. The van der Waals surface area contributed by atoms with Crippen molar-refractivity contribution in [3.8, 4) is 0 Å². The van der Waals surface area contributed by atoms with Crippen LogP contribution in [0.15, 0.2) is 0 Å². The van der Waals surface area contributed by atoms with Crippen LogP contribution < -0.4 is 0 Å². The lowest BCUT2D eigenvalue weighted by Gasteiger charge is -2.33. The molecule has 0 bridgehead atoms. The van der Waals surface area contributed by atoms with E-state index >= 15 is 0 Å². The first-order valence-corrected chi connectivity index (χ1v) is 5.39. The average Bonchev–Trinajstić information content (AvgIpc) is 1.93. The van der Waals surface area contributed by atoms with Gasteiger partial charge >= 0.3 is 0 Å². The van der Waals surface area contributed by atoms with E-state index in [2.05, 4.69) is 13.8 Å². The molecule has 0 amide bonds. The Morgan fingerprint density at radius 1 is 1.42 bits per heavy atom. The molecule has 0 aromatic heterocycles. The van der Waals surface area contributed by atoms with Gasteiger partial charge in [-0.25, -0.2) is 0 Å². The number of carbonyl (C=O) groups is 1. The summed E-state index contributed by atoms with van der Waals surface area (Å²) in [6.45, 7) is 7.15. The van der Waals surface area contributed by atoms with Crippen LogP contribution in [0.3, 0.4) is 0 Å². The molecule has 0 aromatic rings. The number of ketones is 1. The lowest BCUT2D eigenvalue weighted by Crippen LogP contribution is -2.29. The van der Waals surface area contributed by atoms with Gasteiger partial charge in [-0.05, 0) is 6.92 Å². The van der Waals surface area contributed by atoms with Crippen molar-refractivity contribution in [2.45, 2.75) is 20.8 Å². The molecule has 1 fully saturated rings. The Labute approximate surface area is 74.3 Å². The van der Waals surface area contributed by atoms with Crippen LogP contribution in [0, 0.1) is 5.41 Å². The summed E-state index contributed by atoms with van der Waals surface area (Å²) in [5, 5.41) is 0. The zero-order chi connectivity index (χ0) is 9.19. The molecule has 0 aliphatic carbocycles. The van der Waals surface area contributed by atoms with E-state index in [4.69, 9.17) is 9.05 Å². The fourth-order valence-corrected chi connectivity index (χ4v) is 2.45. The van der Waals surface area contributed by atoms with Crippen LogP contribution in [0.25, 0.3) is 0 Å². The SMILES string of the molecule is CC(=O)CP1OCC(C)(C)CO1. The molecule has 0 aromatic carbocycles. The lowest BCUT2D eigenvalue weighted by atomic mass is 9.97. The third-order valence-corrected chi connectivity index (χ3v) is 3.09. The van der Waals surface area contributed by atoms with Gasteiger partial charge in [-0.15, -0.1) is 0 Å². The van der Waals surface area contributed by atoms with Gasteiger partial charge in [-0.1, -0.05) is 13.8 Å². The van der Waals surface area contributed by atoms with Gasteiger partial charge < -0.3 is 9.05 Å². The summed E-state index contributed by atoms with van der Waals surface area (Å²) in [4.78, 5) is 10.7. The number of Topliss-reactive ketones (excluding diaryl/α,β-unsaturated/α-hetero) is 1. The van der Waals surface area contributed by atoms with Gasteiger partial charge in [0, 0.05) is 5.41 Å². The molecule has 70 valence electrons. The van der Waals surface area contributed by atoms with Crippen molar-refractivity contribution in [2.75, 3.05) is 19.4 Å². The second-order valence-corrected chi connectivity index (χ2v) is 5.40. The number of hydrogen-bond acceptors (Lipinski definition) is 3. The molecule has 0 spiro atoms. The predicted octanol–water partition coefficient (Wildman–Crippen LogP) is 1.96. The summed E-state index contributed by atoms with van der Waals surface area (Å²) in [5.41, 5.74) is 0.107. The molecule has 1 saturated heterocycles. The topological polar surface area (TPSA) is 35.5 Å². The standard InChI is InChI=1S/C8H15O3P/c1-7(9)4-12-10-5-8(2,3)6-11-12/h4-6H2,1-3H3. The highest BCUT2D eigenvalue weighted by molar-refractivity contribution is 7.48. The molecular formula is C8H15O3P. The molecule has 4 heteroatoms. The van der Waals surface area contributed by atoms with E-state index in [0.717, 1.165) is 0 Å². The highest BCUT2D eigenvalue weighted by Gasteiger charge is 2.29. The van der Waals surface area contributed by atoms with Gasteiger partial charge in [0.1, 0.15) is 5.78 Å². The van der Waals surface area contributed by atoms with Crippen LogP contribution in [-0.4, -0.2) is 25.2 Å². The first-order chi connectivity index (χ1) is 5.49. The summed E-state index contributed by atoms with van der Waals surface area (Å²) in [7, 11) is -0.919. The maximum atomic E-state index is 10.7. The zero-order valence-corrected chi connectivity index (χ0v) is 8.69. The Morgan fingerprint density at radius 2 is 1.92 bits per heavy atom. The van der Waals surface area contributed by atoms with Gasteiger partial charge in [0.15, 0.2) is 8.38 Å². The number of carbonyl (C=O) groups excluding carboxylic acids is 1. The maximum Gasteiger partial charge on any atom is 0.178 e. The first kappa shape index (κ1) is 10.1. The van der Waals surface area contributed by atoms with Crippen molar-refractivity contribution in [1.82, 2.24) is 0 Å². The smallest absolute Gasteiger partial charge is 0.178 e. The maximum absolute atomic E-state index is 10.7. The fraction of sp³-hybridized carbons (Fsp3) is 0.875. The van der Waals surface area contributed by atoms with Crippen molar-refractivity contribution in [1.29, 1.82) is 0 Å². The Balaban J connectivity index is 2.31. The summed E-state index contributed by atoms with van der Waals surface area (Å²) in [5.74, 6) is 0.140. The van der Waals surface area contributed by atoms with E-state index in [1.807, 2.05) is 0 Å². The number of rotatable bonds is 2. The van der Waals surface area contributed by atoms with Gasteiger partial charge in [-0.3, -0.25) is 4.79 Å². The molecule has 3 nitrogen and oxygen atoms in total. The van der Waals surface area contributed by atoms with Crippen molar-refractivity contribution in [3.05, 3.63) is 0 Å². The molecule has 1 aliphatic rings. The first-order valence-electron chi connectivity index (χ1n) is 4.02. The molecule has 1 rings (SSSR count). The molecule has 12 heavy (non-hydrogen) atoms. The average molecular weight is 190 g/mol. The van der Waals surface area contributed by atoms with Crippen LogP contribution in [0.5, 0.6) is 0 Å². The molecule has 0 radical (unpaired) electrons. The van der Waals surface area contributed by atoms with Crippen molar-refractivity contribution in [3.63, 3.8) is 0 Å². The van der Waals surface area contributed by atoms with E-state index in [1.54, 1.807) is 6.92 Å². The summed E-state index contributed by atoms with van der Waals surface area (Å²) in [6.07, 6.45) is 0.436. The minimum Gasteiger partial charge on any atom is -0.333 e. The molecule has 0 unspecified atom stereocenters. The monoisotopic (exact) mass is 190 g/mol. The molecule has 1 heterocycles. The zero-order valence-electron chi connectivity index (χ0n) is 7.79. The van der Waals surface area contributed by atoms with Crippen molar-refractivity contribution in [2.24, 2.45) is 5.41 Å². The highest BCUT2D eigenvalue weighted by Crippen LogP contribution is 2.45. The largest absolute Gasteiger partial charge is 0.333 e. The lowest BCUT2D eigenvalue weighted by molar-refractivity contribution is -0.115. The van der Waals surface area contributed by atoms with Crippen LogP contribution in [-0.2, 0) is 13.8 Å². The van der Waals surface area contributed by atoms with E-state index in [-0.39, 0.29) is 11.2 Å². The quantitative estimate of drug-likeness (QED) is 0.624. The van der Waals surface area contributed by atoms with Crippen LogP contribution in [0.2, 0.25) is 0 Å². The Hall–Kier alpha value is 0.0200. The normalized spacial score (nSPS) is 23.9.